The first kappa shape index (κ1) is 32.2. The Bertz CT molecular complexity index is 1790. The van der Waals surface area contributed by atoms with E-state index in [0.29, 0.717) is 0 Å². The number of benzene rings is 4. The summed E-state index contributed by atoms with van der Waals surface area (Å²) in [6, 6.07) is 27.6. The standard InChI is InChI=1S/C28H37.C12H9Si.2ClH.Zr/c1-18-11-12-19-13-23(28(8,9)10)17-24(19)25(18)20-14-21(26(2,3)4)16-22(15-20)27(5,6)7;1-3-7-11-9(5-1)10-6-2-4-8-12(10)13-11;;;/h11-17H,1-10H3;1-7H,13H2;2*1H;/q;;;;+2/p-2. The maximum atomic E-state index is 7.99. The van der Waals surface area contributed by atoms with Crippen LogP contribution in [0.25, 0.3) is 28.3 Å². The van der Waals surface area contributed by atoms with Crippen LogP contribution < -0.4 is 13.6 Å². The maximum absolute atomic E-state index is 7.99. The number of rotatable bonds is 3. The van der Waals surface area contributed by atoms with E-state index in [1.807, 2.05) is 0 Å². The number of fused-ring (bicyclic) bond motifs is 4. The minimum absolute atomic E-state index is 0.0455. The van der Waals surface area contributed by atoms with E-state index in [2.05, 4.69) is 148 Å². The quantitative estimate of drug-likeness (QED) is 0.163. The van der Waals surface area contributed by atoms with E-state index >= 15 is 0 Å². The Morgan fingerprint density at radius 3 is 1.91 bits per heavy atom. The van der Waals surface area contributed by atoms with Crippen molar-refractivity contribution in [3.05, 3.63) is 106 Å². The fraction of sp³-hybridized carbons (Fsp3) is 0.350. The first-order chi connectivity index (χ1) is 20.4. The van der Waals surface area contributed by atoms with E-state index in [4.69, 9.17) is 17.0 Å². The van der Waals surface area contributed by atoms with Crippen molar-refractivity contribution >= 4 is 46.3 Å². The molecule has 4 heteroatoms. The summed E-state index contributed by atoms with van der Waals surface area (Å²) in [7, 11) is 15.3. The molecule has 0 bridgehead atoms. The van der Waals surface area contributed by atoms with Crippen LogP contribution in [0.3, 0.4) is 0 Å². The van der Waals surface area contributed by atoms with Gasteiger partial charge in [0.1, 0.15) is 0 Å². The molecule has 1 aliphatic carbocycles. The average Bonchev–Trinajstić information content (AvgIpc) is 3.51. The van der Waals surface area contributed by atoms with Crippen molar-refractivity contribution in [2.24, 2.45) is 5.41 Å². The van der Waals surface area contributed by atoms with E-state index in [9.17, 15) is 0 Å². The summed E-state index contributed by atoms with van der Waals surface area (Å²) in [5.74, 6) is 0. The Labute approximate surface area is 279 Å². The van der Waals surface area contributed by atoms with Crippen LogP contribution in [-0.4, -0.2) is 9.52 Å². The van der Waals surface area contributed by atoms with Crippen molar-refractivity contribution in [3.8, 4) is 22.3 Å². The van der Waals surface area contributed by atoms with Gasteiger partial charge in [-0.05, 0) is 0 Å². The third-order valence-corrected chi connectivity index (χ3v) is 24.0. The molecule has 6 rings (SSSR count). The van der Waals surface area contributed by atoms with Gasteiger partial charge in [0.25, 0.3) is 0 Å². The molecule has 1 aliphatic heterocycles. The molecule has 1 heterocycles. The Balaban J connectivity index is 1.58. The van der Waals surface area contributed by atoms with Gasteiger partial charge in [0.2, 0.25) is 0 Å². The van der Waals surface area contributed by atoms with Crippen molar-refractivity contribution < 1.29 is 17.9 Å². The molecule has 1 atom stereocenters. The summed E-state index contributed by atoms with van der Waals surface area (Å²) in [6.07, 6.45) is 2.48. The second-order valence-corrected chi connectivity index (χ2v) is 32.0. The Morgan fingerprint density at radius 1 is 0.682 bits per heavy atom. The van der Waals surface area contributed by atoms with E-state index in [-0.39, 0.29) is 19.9 Å². The third-order valence-electron chi connectivity index (χ3n) is 9.80. The van der Waals surface area contributed by atoms with Gasteiger partial charge in [-0.25, -0.2) is 0 Å². The van der Waals surface area contributed by atoms with Gasteiger partial charge in [-0.1, -0.05) is 0 Å². The van der Waals surface area contributed by atoms with Crippen molar-refractivity contribution in [1.29, 1.82) is 0 Å². The number of hydrogen-bond donors (Lipinski definition) is 0. The molecule has 2 aliphatic rings. The number of allylic oxidation sites excluding steroid dienone is 1. The summed E-state index contributed by atoms with van der Waals surface area (Å²) in [5, 5.41) is 2.99. The molecule has 0 nitrogen and oxygen atoms in total. The first-order valence-corrected chi connectivity index (χ1v) is 26.4. The second kappa shape index (κ2) is 10.9. The monoisotopic (exact) mass is 714 g/mol. The van der Waals surface area contributed by atoms with Crippen molar-refractivity contribution in [3.63, 3.8) is 0 Å². The predicted octanol–water partition coefficient (Wildman–Crippen LogP) is 9.63. The molecular weight excluding hydrogens is 671 g/mol. The van der Waals surface area contributed by atoms with E-state index in [1.54, 1.807) is 0 Å². The molecule has 4 aromatic rings. The Hall–Kier alpha value is -1.70. The van der Waals surface area contributed by atoms with Gasteiger partial charge >= 0.3 is 282 Å². The van der Waals surface area contributed by atoms with Crippen LogP contribution in [0.2, 0.25) is 0 Å². The van der Waals surface area contributed by atoms with Crippen LogP contribution in [0.1, 0.15) is 93.8 Å². The molecule has 0 amide bonds. The van der Waals surface area contributed by atoms with Gasteiger partial charge in [-0.15, -0.1) is 0 Å². The van der Waals surface area contributed by atoms with Crippen LogP contribution in [0.15, 0.2) is 78.4 Å². The molecule has 1 unspecified atom stereocenters. The van der Waals surface area contributed by atoms with Gasteiger partial charge in [0.15, 0.2) is 0 Å². The van der Waals surface area contributed by atoms with Gasteiger partial charge in [0.05, 0.1) is 0 Å². The molecule has 0 aromatic heterocycles. The van der Waals surface area contributed by atoms with Crippen molar-refractivity contribution in [2.75, 3.05) is 0 Å². The average molecular weight is 717 g/mol. The second-order valence-electron chi connectivity index (χ2n) is 16.1. The zero-order valence-corrected chi connectivity index (χ0v) is 33.4. The SMILES string of the molecule is Cc1ccc2c(c1-c1cc(C(C)(C)C)cc(C(C)(C)C)c1)C=C(C(C)(C)C)[CH]2[Zr]([Cl])([Cl])[c]1cccc2c1[SiH2]c1ccccc1-2. The summed E-state index contributed by atoms with van der Waals surface area (Å²) < 4.78 is 1.35. The first-order valence-electron chi connectivity index (χ1n) is 16.0. The Kier molecular flexibility index (Phi) is 8.02. The molecule has 44 heavy (non-hydrogen) atoms. The van der Waals surface area contributed by atoms with Crippen LogP contribution >= 0.6 is 17.0 Å². The molecule has 0 N–H and O–H groups in total. The fourth-order valence-corrected chi connectivity index (χ4v) is 24.4. The molecule has 0 fully saturated rings. The van der Waals surface area contributed by atoms with E-state index in [0.717, 1.165) is 0 Å². The summed E-state index contributed by atoms with van der Waals surface area (Å²) in [5.41, 5.74) is 13.5. The number of aryl methyl sites for hydroxylation is 1. The van der Waals surface area contributed by atoms with Crippen LogP contribution in [0, 0.1) is 12.3 Å². The summed E-state index contributed by atoms with van der Waals surface area (Å²) >= 11 is -4.09. The van der Waals surface area contributed by atoms with Crippen LogP contribution in [0.4, 0.5) is 0 Å². The van der Waals surface area contributed by atoms with E-state index < -0.39 is 27.4 Å². The molecule has 0 spiro atoms. The molecule has 4 aromatic carbocycles. The third kappa shape index (κ3) is 5.51. The minimum atomic E-state index is -4.09. The van der Waals surface area contributed by atoms with E-state index in [1.165, 1.54) is 69.3 Å². The van der Waals surface area contributed by atoms with Gasteiger partial charge in [-0.2, -0.15) is 0 Å². The fourth-order valence-electron chi connectivity index (χ4n) is 7.24. The molecular formula is C40H46Cl2SiZr. The van der Waals surface area contributed by atoms with Gasteiger partial charge < -0.3 is 0 Å². The molecule has 0 radical (unpaired) electrons. The molecule has 0 saturated carbocycles. The topological polar surface area (TPSA) is 0 Å². The Morgan fingerprint density at radius 2 is 1.30 bits per heavy atom. The zero-order valence-electron chi connectivity index (χ0n) is 28.0. The van der Waals surface area contributed by atoms with Crippen molar-refractivity contribution in [2.45, 2.75) is 83.7 Å². The van der Waals surface area contributed by atoms with Crippen LogP contribution in [-0.2, 0) is 28.7 Å². The van der Waals surface area contributed by atoms with Gasteiger partial charge in [-0.3, -0.25) is 0 Å². The van der Waals surface area contributed by atoms with Gasteiger partial charge in [0, 0.05) is 0 Å². The summed E-state index contributed by atoms with van der Waals surface area (Å²) in [4.78, 5) is 0. The van der Waals surface area contributed by atoms with Crippen molar-refractivity contribution in [1.82, 2.24) is 0 Å². The molecule has 228 valence electrons. The normalized spacial score (nSPS) is 17.0. The number of hydrogen-bond acceptors (Lipinski definition) is 0. The molecule has 0 saturated heterocycles. The van der Waals surface area contributed by atoms with Crippen LogP contribution in [0.5, 0.6) is 0 Å². The zero-order chi connectivity index (χ0) is 32.0. The summed E-state index contributed by atoms with van der Waals surface area (Å²) in [6.45, 7) is 23.2. The number of halogens is 2. The predicted molar refractivity (Wildman–Crippen MR) is 195 cm³/mol.